The van der Waals surface area contributed by atoms with E-state index in [9.17, 15) is 0 Å². The fourth-order valence-electron chi connectivity index (χ4n) is 6.65. The van der Waals surface area contributed by atoms with E-state index in [1.807, 2.05) is 0 Å². The van der Waals surface area contributed by atoms with Crippen LogP contribution in [0.5, 0.6) is 0 Å². The molecule has 0 saturated heterocycles. The van der Waals surface area contributed by atoms with Gasteiger partial charge in [0.25, 0.3) is 0 Å². The first kappa shape index (κ1) is 3.60. The van der Waals surface area contributed by atoms with Crippen LogP contribution in [0.25, 0.3) is 0 Å². The zero-order valence-corrected chi connectivity index (χ0v) is 5.88. The van der Waals surface area contributed by atoms with Crippen LogP contribution in [-0.2, 0) is 0 Å². The lowest BCUT2D eigenvalue weighted by molar-refractivity contribution is 0.0436. The van der Waals surface area contributed by atoms with Crippen molar-refractivity contribution >= 4 is 0 Å². The summed E-state index contributed by atoms with van der Waals surface area (Å²) in [6.45, 7) is 0. The average Bonchev–Trinajstić information content (AvgIpc) is 2.48. The Bertz CT molecular complexity index is 276. The molecule has 0 nitrogen and oxygen atoms in total. The molecular formula is C10H10. The Balaban J connectivity index is 1.82. The molecule has 0 aromatic rings. The second kappa shape index (κ2) is 0.562. The fourth-order valence-corrected chi connectivity index (χ4v) is 6.65. The van der Waals surface area contributed by atoms with E-state index in [2.05, 4.69) is 0 Å². The summed E-state index contributed by atoms with van der Waals surface area (Å²) in [5, 5.41) is 0. The van der Waals surface area contributed by atoms with Crippen molar-refractivity contribution in [3.63, 3.8) is 0 Å². The number of fused-ring (bicyclic) bond motifs is 5. The zero-order valence-electron chi connectivity index (χ0n) is 5.88. The third-order valence-electron chi connectivity index (χ3n) is 6.56. The van der Waals surface area contributed by atoms with Gasteiger partial charge in [-0.05, 0) is 59.2 Å². The predicted molar refractivity (Wildman–Crippen MR) is 35.0 cm³/mol. The highest BCUT2D eigenvalue weighted by Gasteiger charge is 3.18. The second-order valence-electron chi connectivity index (χ2n) is 5.76. The SMILES string of the molecule is C1C[C@H]2C3[C@@H]4C5C6C1C65C342. The van der Waals surface area contributed by atoms with Crippen molar-refractivity contribution in [1.82, 2.24) is 0 Å². The quantitative estimate of drug-likeness (QED) is 0.466. The van der Waals surface area contributed by atoms with Crippen LogP contribution in [0.4, 0.5) is 0 Å². The molecule has 6 aliphatic rings. The van der Waals surface area contributed by atoms with Gasteiger partial charge >= 0.3 is 0 Å². The maximum absolute atomic E-state index is 1.65. The summed E-state index contributed by atoms with van der Waals surface area (Å²) >= 11 is 0. The summed E-state index contributed by atoms with van der Waals surface area (Å²) in [6, 6.07) is 0. The predicted octanol–water partition coefficient (Wildman–Crippen LogP) is 1.52. The van der Waals surface area contributed by atoms with Crippen LogP contribution in [-0.4, -0.2) is 0 Å². The summed E-state index contributed by atoms with van der Waals surface area (Å²) in [4.78, 5) is 0. The van der Waals surface area contributed by atoms with Crippen LogP contribution in [0.2, 0.25) is 0 Å². The third-order valence-corrected chi connectivity index (χ3v) is 6.56. The minimum atomic E-state index is 1.12. The summed E-state index contributed by atoms with van der Waals surface area (Å²) in [7, 11) is 0. The van der Waals surface area contributed by atoms with Gasteiger partial charge in [-0.2, -0.15) is 0 Å². The van der Waals surface area contributed by atoms with Crippen LogP contribution in [0, 0.1) is 46.3 Å². The standard InChI is InChI=1S/C10H10/c1-2-4-6-8-7-5-3(1)9(5,7)10(4,6)8/h3-8H,1-2H2/t3-,4?,5?,6?,7+,8?,9?,10?/m0/s1. The van der Waals surface area contributed by atoms with Crippen molar-refractivity contribution in [1.29, 1.82) is 0 Å². The molecule has 0 aliphatic heterocycles. The van der Waals surface area contributed by atoms with Crippen molar-refractivity contribution in [3.8, 4) is 0 Å². The molecule has 0 heteroatoms. The normalized spacial score (nSPS) is 108. The molecule has 0 bridgehead atoms. The van der Waals surface area contributed by atoms with Gasteiger partial charge in [-0.3, -0.25) is 0 Å². The van der Waals surface area contributed by atoms with Crippen LogP contribution in [0.3, 0.4) is 0 Å². The second-order valence-corrected chi connectivity index (χ2v) is 5.76. The molecule has 0 N–H and O–H groups in total. The molecule has 6 saturated carbocycles. The Morgan fingerprint density at radius 2 is 1.20 bits per heavy atom. The minimum Gasteiger partial charge on any atom is -0.0493 e. The third kappa shape index (κ3) is 0.102. The molecule has 6 rings (SSSR count). The van der Waals surface area contributed by atoms with Gasteiger partial charge in [0.2, 0.25) is 0 Å². The molecule has 50 valence electrons. The molecule has 0 aromatic heterocycles. The molecule has 0 radical (unpaired) electrons. The topological polar surface area (TPSA) is 0 Å². The van der Waals surface area contributed by atoms with Crippen LogP contribution in [0.15, 0.2) is 0 Å². The van der Waals surface area contributed by atoms with Crippen molar-refractivity contribution in [2.45, 2.75) is 12.8 Å². The molecule has 0 heterocycles. The first-order valence-electron chi connectivity index (χ1n) is 4.97. The van der Waals surface area contributed by atoms with Crippen LogP contribution in [0.1, 0.15) is 12.8 Å². The lowest BCUT2D eigenvalue weighted by Crippen LogP contribution is -2.38. The van der Waals surface area contributed by atoms with Gasteiger partial charge in [0.15, 0.2) is 0 Å². The smallest absolute Gasteiger partial charge is 0.0133 e. The highest BCUT2D eigenvalue weighted by molar-refractivity contribution is 5.64. The lowest BCUT2D eigenvalue weighted by atomic mass is 9.61. The number of hydrogen-bond donors (Lipinski definition) is 0. The summed E-state index contributed by atoms with van der Waals surface area (Å²) in [6.07, 6.45) is 3.30. The molecule has 0 amide bonds. The number of rotatable bonds is 0. The van der Waals surface area contributed by atoms with Gasteiger partial charge < -0.3 is 0 Å². The van der Waals surface area contributed by atoms with Crippen molar-refractivity contribution in [3.05, 3.63) is 0 Å². The van der Waals surface area contributed by atoms with Gasteiger partial charge in [0.05, 0.1) is 0 Å². The van der Waals surface area contributed by atoms with Gasteiger partial charge in [-0.15, -0.1) is 0 Å². The molecule has 10 heavy (non-hydrogen) atoms. The Labute approximate surface area is 60.0 Å². The van der Waals surface area contributed by atoms with Crippen molar-refractivity contribution in [2.75, 3.05) is 0 Å². The maximum Gasteiger partial charge on any atom is -0.0133 e. The Kier molecular flexibility index (Phi) is 0.202. The van der Waals surface area contributed by atoms with Crippen LogP contribution < -0.4 is 0 Å². The molecular weight excluding hydrogens is 120 g/mol. The Morgan fingerprint density at radius 1 is 0.700 bits per heavy atom. The van der Waals surface area contributed by atoms with Gasteiger partial charge in [-0.25, -0.2) is 0 Å². The summed E-state index contributed by atoms with van der Waals surface area (Å²) < 4.78 is 0. The summed E-state index contributed by atoms with van der Waals surface area (Å²) in [5.74, 6) is 7.97. The molecule has 0 aromatic carbocycles. The average molecular weight is 130 g/mol. The molecule has 6 aliphatic carbocycles. The highest BCUT2D eigenvalue weighted by Crippen LogP contribution is 3.21. The first-order valence-corrected chi connectivity index (χ1v) is 4.97. The minimum absolute atomic E-state index is 1.12. The van der Waals surface area contributed by atoms with Crippen LogP contribution >= 0.6 is 0 Å². The van der Waals surface area contributed by atoms with E-state index in [0.717, 1.165) is 10.8 Å². The molecule has 6 unspecified atom stereocenters. The van der Waals surface area contributed by atoms with E-state index in [0.29, 0.717) is 0 Å². The Morgan fingerprint density at radius 3 is 1.70 bits per heavy atom. The van der Waals surface area contributed by atoms with Gasteiger partial charge in [0.1, 0.15) is 0 Å². The van der Waals surface area contributed by atoms with Gasteiger partial charge in [-0.1, -0.05) is 0 Å². The van der Waals surface area contributed by atoms with E-state index >= 15 is 0 Å². The molecule has 6 fully saturated rings. The van der Waals surface area contributed by atoms with E-state index in [1.165, 1.54) is 35.5 Å². The fraction of sp³-hybridized carbons (Fsp3) is 1.00. The number of hydrogen-bond acceptors (Lipinski definition) is 0. The zero-order chi connectivity index (χ0) is 5.88. The molecule has 8 atom stereocenters. The maximum atomic E-state index is 1.65. The van der Waals surface area contributed by atoms with E-state index in [-0.39, 0.29) is 0 Å². The van der Waals surface area contributed by atoms with Gasteiger partial charge in [0, 0.05) is 0 Å². The van der Waals surface area contributed by atoms with Crippen molar-refractivity contribution < 1.29 is 0 Å². The van der Waals surface area contributed by atoms with E-state index < -0.39 is 0 Å². The first-order chi connectivity index (χ1) is 4.97. The lowest BCUT2D eigenvalue weighted by Gasteiger charge is -2.42. The highest BCUT2D eigenvalue weighted by atomic mass is 15.2. The summed E-state index contributed by atoms with van der Waals surface area (Å²) in [5.41, 5.74) is 2.23. The Hall–Kier alpha value is 0. The van der Waals surface area contributed by atoms with E-state index in [4.69, 9.17) is 0 Å². The van der Waals surface area contributed by atoms with Crippen molar-refractivity contribution in [2.24, 2.45) is 46.3 Å². The monoisotopic (exact) mass is 130 g/mol. The van der Waals surface area contributed by atoms with E-state index in [1.54, 1.807) is 12.8 Å². The molecule has 2 spiro atoms. The largest absolute Gasteiger partial charge is 0.0493 e.